The van der Waals surface area contributed by atoms with Crippen molar-refractivity contribution in [1.29, 1.82) is 0 Å². The summed E-state index contributed by atoms with van der Waals surface area (Å²) in [4.78, 5) is 0. The van der Waals surface area contributed by atoms with E-state index >= 15 is 0 Å². The van der Waals surface area contributed by atoms with Crippen LogP contribution in [0.2, 0.25) is 0 Å². The average molecular weight is 291 g/mol. The van der Waals surface area contributed by atoms with Crippen molar-refractivity contribution >= 4 is 0 Å². The standard InChI is InChI=1S/C18H29NO2/c1-5-11-19-18(15-8-6-7-13(15)2)14-9-10-16(20-3)17(12-14)21-4/h9-10,12-13,15,18-19H,5-8,11H2,1-4H3. The molecule has 2 rings (SSSR count). The molecule has 0 spiro atoms. The highest BCUT2D eigenvalue weighted by Gasteiger charge is 2.31. The van der Waals surface area contributed by atoms with Crippen molar-refractivity contribution in [1.82, 2.24) is 5.32 Å². The number of hydrogen-bond donors (Lipinski definition) is 1. The summed E-state index contributed by atoms with van der Waals surface area (Å²) < 4.78 is 10.8. The summed E-state index contributed by atoms with van der Waals surface area (Å²) in [5.74, 6) is 3.13. The fourth-order valence-electron chi connectivity index (χ4n) is 3.53. The molecule has 0 radical (unpaired) electrons. The van der Waals surface area contributed by atoms with Gasteiger partial charge in [-0.05, 0) is 48.9 Å². The van der Waals surface area contributed by atoms with E-state index in [2.05, 4.69) is 31.3 Å². The summed E-state index contributed by atoms with van der Waals surface area (Å²) >= 11 is 0. The first-order valence-corrected chi connectivity index (χ1v) is 8.16. The number of hydrogen-bond acceptors (Lipinski definition) is 3. The highest BCUT2D eigenvalue weighted by Crippen LogP contribution is 2.41. The number of nitrogens with one attached hydrogen (secondary N) is 1. The third-order valence-corrected chi connectivity index (χ3v) is 4.74. The maximum Gasteiger partial charge on any atom is 0.161 e. The molecule has 1 N–H and O–H groups in total. The van der Waals surface area contributed by atoms with Crippen LogP contribution in [0.1, 0.15) is 51.1 Å². The number of ether oxygens (including phenoxy) is 2. The van der Waals surface area contributed by atoms with E-state index in [-0.39, 0.29) is 0 Å². The summed E-state index contributed by atoms with van der Waals surface area (Å²) in [5.41, 5.74) is 1.32. The summed E-state index contributed by atoms with van der Waals surface area (Å²) in [5, 5.41) is 3.75. The zero-order valence-corrected chi connectivity index (χ0v) is 13.8. The van der Waals surface area contributed by atoms with Crippen LogP contribution in [0, 0.1) is 11.8 Å². The fraction of sp³-hybridized carbons (Fsp3) is 0.667. The maximum atomic E-state index is 5.47. The molecule has 3 heteroatoms. The monoisotopic (exact) mass is 291 g/mol. The van der Waals surface area contributed by atoms with Crippen LogP contribution in [0.5, 0.6) is 11.5 Å². The second-order valence-corrected chi connectivity index (χ2v) is 6.12. The molecule has 1 aromatic rings. The highest BCUT2D eigenvalue weighted by atomic mass is 16.5. The van der Waals surface area contributed by atoms with E-state index in [1.165, 1.54) is 24.8 Å². The predicted molar refractivity (Wildman–Crippen MR) is 87.1 cm³/mol. The third-order valence-electron chi connectivity index (χ3n) is 4.74. The molecule has 3 unspecified atom stereocenters. The minimum Gasteiger partial charge on any atom is -0.493 e. The van der Waals surface area contributed by atoms with Gasteiger partial charge in [0.2, 0.25) is 0 Å². The molecule has 1 fully saturated rings. The molecular formula is C18H29NO2. The van der Waals surface area contributed by atoms with E-state index in [1.807, 2.05) is 6.07 Å². The normalized spacial score (nSPS) is 23.0. The van der Waals surface area contributed by atoms with Crippen LogP contribution in [0.25, 0.3) is 0 Å². The van der Waals surface area contributed by atoms with Crippen LogP contribution < -0.4 is 14.8 Å². The Kier molecular flexibility index (Phi) is 5.92. The topological polar surface area (TPSA) is 30.5 Å². The minimum atomic E-state index is 0.419. The second kappa shape index (κ2) is 7.69. The van der Waals surface area contributed by atoms with E-state index < -0.39 is 0 Å². The van der Waals surface area contributed by atoms with Gasteiger partial charge in [-0.25, -0.2) is 0 Å². The Bertz CT molecular complexity index is 447. The largest absolute Gasteiger partial charge is 0.493 e. The molecule has 0 saturated heterocycles. The smallest absolute Gasteiger partial charge is 0.161 e. The van der Waals surface area contributed by atoms with Crippen LogP contribution >= 0.6 is 0 Å². The van der Waals surface area contributed by atoms with Gasteiger partial charge >= 0.3 is 0 Å². The van der Waals surface area contributed by atoms with Gasteiger partial charge in [-0.3, -0.25) is 0 Å². The summed E-state index contributed by atoms with van der Waals surface area (Å²) in [6.45, 7) is 5.66. The van der Waals surface area contributed by atoms with Gasteiger partial charge in [0.15, 0.2) is 11.5 Å². The lowest BCUT2D eigenvalue weighted by Gasteiger charge is -2.29. The first-order chi connectivity index (χ1) is 10.2. The van der Waals surface area contributed by atoms with Gasteiger partial charge in [-0.1, -0.05) is 32.8 Å². The molecule has 3 nitrogen and oxygen atoms in total. The Morgan fingerprint density at radius 3 is 2.52 bits per heavy atom. The van der Waals surface area contributed by atoms with Crippen LogP contribution in [0.4, 0.5) is 0 Å². The van der Waals surface area contributed by atoms with E-state index in [4.69, 9.17) is 9.47 Å². The molecule has 0 bridgehead atoms. The Labute approximate surface area is 129 Å². The van der Waals surface area contributed by atoms with Crippen molar-refractivity contribution in [3.05, 3.63) is 23.8 Å². The molecular weight excluding hydrogens is 262 g/mol. The molecule has 1 aromatic carbocycles. The number of rotatable bonds is 7. The molecule has 0 amide bonds. The van der Waals surface area contributed by atoms with Crippen LogP contribution in [-0.4, -0.2) is 20.8 Å². The van der Waals surface area contributed by atoms with Crippen molar-refractivity contribution in [2.24, 2.45) is 11.8 Å². The SMILES string of the molecule is CCCNC(c1ccc(OC)c(OC)c1)C1CCCC1C. The number of methoxy groups -OCH3 is 2. The number of benzene rings is 1. The van der Waals surface area contributed by atoms with E-state index in [9.17, 15) is 0 Å². The van der Waals surface area contributed by atoms with Gasteiger partial charge in [-0.2, -0.15) is 0 Å². The first-order valence-electron chi connectivity index (χ1n) is 8.16. The lowest BCUT2D eigenvalue weighted by atomic mass is 9.85. The lowest BCUT2D eigenvalue weighted by molar-refractivity contribution is 0.300. The molecule has 1 aliphatic rings. The quantitative estimate of drug-likeness (QED) is 0.817. The van der Waals surface area contributed by atoms with Gasteiger partial charge in [0.1, 0.15) is 0 Å². The van der Waals surface area contributed by atoms with Crippen LogP contribution in [0.3, 0.4) is 0 Å². The fourth-order valence-corrected chi connectivity index (χ4v) is 3.53. The predicted octanol–water partition coefficient (Wildman–Crippen LogP) is 4.18. The van der Waals surface area contributed by atoms with E-state index in [1.54, 1.807) is 14.2 Å². The maximum absolute atomic E-state index is 5.47. The van der Waals surface area contributed by atoms with Gasteiger partial charge in [0.05, 0.1) is 14.2 Å². The molecule has 0 aromatic heterocycles. The van der Waals surface area contributed by atoms with Crippen molar-refractivity contribution in [3.8, 4) is 11.5 Å². The molecule has 0 heterocycles. The summed E-state index contributed by atoms with van der Waals surface area (Å²) in [7, 11) is 3.39. The average Bonchev–Trinajstić information content (AvgIpc) is 2.93. The van der Waals surface area contributed by atoms with Crippen molar-refractivity contribution in [2.75, 3.05) is 20.8 Å². The van der Waals surface area contributed by atoms with Gasteiger partial charge in [-0.15, -0.1) is 0 Å². The Morgan fingerprint density at radius 2 is 1.95 bits per heavy atom. The van der Waals surface area contributed by atoms with Gasteiger partial charge < -0.3 is 14.8 Å². The summed E-state index contributed by atoms with van der Waals surface area (Å²) in [6, 6.07) is 6.76. The van der Waals surface area contributed by atoms with Gasteiger partial charge in [0, 0.05) is 6.04 Å². The Morgan fingerprint density at radius 1 is 1.19 bits per heavy atom. The lowest BCUT2D eigenvalue weighted by Crippen LogP contribution is -2.30. The highest BCUT2D eigenvalue weighted by molar-refractivity contribution is 5.44. The van der Waals surface area contributed by atoms with Crippen LogP contribution in [-0.2, 0) is 0 Å². The van der Waals surface area contributed by atoms with Crippen molar-refractivity contribution < 1.29 is 9.47 Å². The first kappa shape index (κ1) is 16.2. The molecule has 3 atom stereocenters. The van der Waals surface area contributed by atoms with E-state index in [0.29, 0.717) is 6.04 Å². The zero-order chi connectivity index (χ0) is 15.2. The zero-order valence-electron chi connectivity index (χ0n) is 13.8. The Hall–Kier alpha value is -1.22. The summed E-state index contributed by atoms with van der Waals surface area (Å²) in [6.07, 6.45) is 5.17. The third kappa shape index (κ3) is 3.70. The molecule has 0 aliphatic heterocycles. The molecule has 1 saturated carbocycles. The van der Waals surface area contributed by atoms with E-state index in [0.717, 1.165) is 36.3 Å². The van der Waals surface area contributed by atoms with Crippen molar-refractivity contribution in [2.45, 2.75) is 45.6 Å². The van der Waals surface area contributed by atoms with Gasteiger partial charge in [0.25, 0.3) is 0 Å². The molecule has 118 valence electrons. The molecule has 1 aliphatic carbocycles. The minimum absolute atomic E-state index is 0.419. The van der Waals surface area contributed by atoms with Crippen molar-refractivity contribution in [3.63, 3.8) is 0 Å². The second-order valence-electron chi connectivity index (χ2n) is 6.12. The molecule has 21 heavy (non-hydrogen) atoms. The Balaban J connectivity index is 2.27. The van der Waals surface area contributed by atoms with Crippen LogP contribution in [0.15, 0.2) is 18.2 Å².